The van der Waals surface area contributed by atoms with Gasteiger partial charge in [0.05, 0.1) is 0 Å². The molecule has 0 unspecified atom stereocenters. The lowest BCUT2D eigenvalue weighted by molar-refractivity contribution is 0.304. The summed E-state index contributed by atoms with van der Waals surface area (Å²) in [5, 5.41) is 0. The zero-order chi connectivity index (χ0) is 8.91. The molecule has 0 saturated heterocycles. The monoisotopic (exact) mass is 154 g/mol. The molecule has 66 valence electrons. The number of allylic oxidation sites excluding steroid dienone is 1. The van der Waals surface area contributed by atoms with Crippen molar-refractivity contribution in [2.24, 2.45) is 5.41 Å². The van der Waals surface area contributed by atoms with Gasteiger partial charge in [-0.3, -0.25) is 0 Å². The molecule has 0 heterocycles. The Morgan fingerprint density at radius 3 is 2.18 bits per heavy atom. The summed E-state index contributed by atoms with van der Waals surface area (Å²) in [5.41, 5.74) is 1.84. The molecule has 0 aromatic rings. The fraction of sp³-hybridized carbons (Fsp3) is 0.818. The summed E-state index contributed by atoms with van der Waals surface area (Å²) in [6.45, 7) is 13.0. The molecule has 0 radical (unpaired) electrons. The number of rotatable bonds is 5. The molecule has 0 aromatic carbocycles. The highest BCUT2D eigenvalue weighted by molar-refractivity contribution is 4.89. The third-order valence-corrected chi connectivity index (χ3v) is 2.16. The maximum absolute atomic E-state index is 3.92. The van der Waals surface area contributed by atoms with E-state index >= 15 is 0 Å². The van der Waals surface area contributed by atoms with Crippen LogP contribution >= 0.6 is 0 Å². The van der Waals surface area contributed by atoms with Crippen LogP contribution in [0.2, 0.25) is 0 Å². The summed E-state index contributed by atoms with van der Waals surface area (Å²) in [7, 11) is 0. The average Bonchev–Trinajstić information content (AvgIpc) is 1.84. The summed E-state index contributed by atoms with van der Waals surface area (Å²) in [6, 6.07) is 0. The molecule has 0 spiro atoms. The molecular formula is C11H22. The van der Waals surface area contributed by atoms with Crippen molar-refractivity contribution in [1.29, 1.82) is 0 Å². The highest BCUT2D eigenvalue weighted by atomic mass is 14.2. The van der Waals surface area contributed by atoms with Gasteiger partial charge in [-0.15, -0.1) is 6.58 Å². The zero-order valence-corrected chi connectivity index (χ0v) is 8.54. The van der Waals surface area contributed by atoms with Crippen LogP contribution in [0.4, 0.5) is 0 Å². The zero-order valence-electron chi connectivity index (χ0n) is 8.54. The lowest BCUT2D eigenvalue weighted by atomic mass is 9.82. The predicted octanol–water partition coefficient (Wildman–Crippen LogP) is 4.17. The van der Waals surface area contributed by atoms with E-state index in [1.54, 1.807) is 0 Å². The van der Waals surface area contributed by atoms with Crippen LogP contribution in [0.3, 0.4) is 0 Å². The molecule has 0 atom stereocenters. The molecule has 0 amide bonds. The van der Waals surface area contributed by atoms with Crippen LogP contribution in [-0.2, 0) is 0 Å². The van der Waals surface area contributed by atoms with E-state index in [0.29, 0.717) is 5.41 Å². The summed E-state index contributed by atoms with van der Waals surface area (Å²) in [6.07, 6.45) is 5.10. The van der Waals surface area contributed by atoms with Crippen LogP contribution in [-0.4, -0.2) is 0 Å². The van der Waals surface area contributed by atoms with Gasteiger partial charge in [0.25, 0.3) is 0 Å². The van der Waals surface area contributed by atoms with E-state index in [4.69, 9.17) is 0 Å². The molecule has 11 heavy (non-hydrogen) atoms. The van der Waals surface area contributed by atoms with Crippen LogP contribution in [0.5, 0.6) is 0 Å². The van der Waals surface area contributed by atoms with Crippen LogP contribution in [0.25, 0.3) is 0 Å². The first-order valence-electron chi connectivity index (χ1n) is 4.62. The van der Waals surface area contributed by atoms with E-state index < -0.39 is 0 Å². The first-order chi connectivity index (χ1) is 4.98. The van der Waals surface area contributed by atoms with Crippen LogP contribution in [0.15, 0.2) is 12.2 Å². The van der Waals surface area contributed by atoms with Gasteiger partial charge in [-0.2, -0.15) is 0 Å². The predicted molar refractivity (Wildman–Crippen MR) is 52.7 cm³/mol. The second kappa shape index (κ2) is 4.58. The quantitative estimate of drug-likeness (QED) is 0.521. The van der Waals surface area contributed by atoms with Gasteiger partial charge >= 0.3 is 0 Å². The molecule has 0 heteroatoms. The first-order valence-corrected chi connectivity index (χ1v) is 4.62. The third-order valence-electron chi connectivity index (χ3n) is 2.16. The van der Waals surface area contributed by atoms with Gasteiger partial charge in [0, 0.05) is 0 Å². The van der Waals surface area contributed by atoms with E-state index in [2.05, 4.69) is 34.3 Å². The van der Waals surface area contributed by atoms with Crippen molar-refractivity contribution in [3.63, 3.8) is 0 Å². The Hall–Kier alpha value is -0.260. The largest absolute Gasteiger partial charge is 0.100 e. The molecule has 0 aromatic heterocycles. The van der Waals surface area contributed by atoms with Crippen LogP contribution in [0, 0.1) is 5.41 Å². The minimum Gasteiger partial charge on any atom is -0.100 e. The lowest BCUT2D eigenvalue weighted by Gasteiger charge is -2.23. The Balaban J connectivity index is 3.63. The molecule has 0 N–H and O–H groups in total. The van der Waals surface area contributed by atoms with Gasteiger partial charge in [-0.25, -0.2) is 0 Å². The summed E-state index contributed by atoms with van der Waals surface area (Å²) < 4.78 is 0. The summed E-state index contributed by atoms with van der Waals surface area (Å²) in [5.74, 6) is 0. The van der Waals surface area contributed by atoms with Gasteiger partial charge in [-0.05, 0) is 31.6 Å². The summed E-state index contributed by atoms with van der Waals surface area (Å²) >= 11 is 0. The molecule has 0 bridgehead atoms. The van der Waals surface area contributed by atoms with Crippen molar-refractivity contribution in [2.75, 3.05) is 0 Å². The average molecular weight is 154 g/mol. The van der Waals surface area contributed by atoms with E-state index in [-0.39, 0.29) is 0 Å². The lowest BCUT2D eigenvalue weighted by Crippen LogP contribution is -2.10. The Morgan fingerprint density at radius 1 is 1.27 bits per heavy atom. The van der Waals surface area contributed by atoms with Crippen molar-refractivity contribution < 1.29 is 0 Å². The highest BCUT2D eigenvalue weighted by Crippen LogP contribution is 2.29. The standard InChI is InChI=1S/C11H22/c1-6-8-11(4,5)9-7-10(2)3/h2,6-9H2,1,3-5H3. The third kappa shape index (κ3) is 6.15. The Labute approximate surface area is 71.7 Å². The molecule has 0 fully saturated rings. The molecular weight excluding hydrogens is 132 g/mol. The van der Waals surface area contributed by atoms with Crippen LogP contribution in [0.1, 0.15) is 53.4 Å². The van der Waals surface area contributed by atoms with Crippen molar-refractivity contribution in [3.05, 3.63) is 12.2 Å². The molecule has 0 rings (SSSR count). The normalized spacial score (nSPS) is 11.6. The Bertz CT molecular complexity index is 120. The minimum absolute atomic E-state index is 0.522. The molecule has 0 aliphatic heterocycles. The maximum Gasteiger partial charge on any atom is -0.0321 e. The van der Waals surface area contributed by atoms with Crippen molar-refractivity contribution >= 4 is 0 Å². The second-order valence-electron chi connectivity index (χ2n) is 4.37. The summed E-state index contributed by atoms with van der Waals surface area (Å²) in [4.78, 5) is 0. The fourth-order valence-electron chi connectivity index (χ4n) is 1.35. The van der Waals surface area contributed by atoms with E-state index in [1.165, 1.54) is 31.3 Å². The van der Waals surface area contributed by atoms with Crippen molar-refractivity contribution in [2.45, 2.75) is 53.4 Å². The van der Waals surface area contributed by atoms with E-state index in [0.717, 1.165) is 0 Å². The maximum atomic E-state index is 3.92. The van der Waals surface area contributed by atoms with Gasteiger partial charge in [0.2, 0.25) is 0 Å². The number of hydrogen-bond donors (Lipinski definition) is 0. The van der Waals surface area contributed by atoms with Gasteiger partial charge < -0.3 is 0 Å². The molecule has 0 nitrogen and oxygen atoms in total. The van der Waals surface area contributed by atoms with Gasteiger partial charge in [-0.1, -0.05) is 32.8 Å². The van der Waals surface area contributed by atoms with Crippen molar-refractivity contribution in [1.82, 2.24) is 0 Å². The van der Waals surface area contributed by atoms with E-state index in [9.17, 15) is 0 Å². The van der Waals surface area contributed by atoms with Gasteiger partial charge in [0.1, 0.15) is 0 Å². The van der Waals surface area contributed by atoms with Gasteiger partial charge in [0.15, 0.2) is 0 Å². The Kier molecular flexibility index (Phi) is 4.48. The van der Waals surface area contributed by atoms with Crippen LogP contribution < -0.4 is 0 Å². The molecule has 0 aliphatic carbocycles. The topological polar surface area (TPSA) is 0 Å². The second-order valence-corrected chi connectivity index (χ2v) is 4.37. The minimum atomic E-state index is 0.522. The Morgan fingerprint density at radius 2 is 1.82 bits per heavy atom. The van der Waals surface area contributed by atoms with Crippen molar-refractivity contribution in [3.8, 4) is 0 Å². The smallest absolute Gasteiger partial charge is 0.0321 e. The highest BCUT2D eigenvalue weighted by Gasteiger charge is 2.15. The molecule has 0 aliphatic rings. The fourth-order valence-corrected chi connectivity index (χ4v) is 1.35. The van der Waals surface area contributed by atoms with E-state index in [1.807, 2.05) is 0 Å². The molecule has 0 saturated carbocycles. The first kappa shape index (κ1) is 10.7. The SMILES string of the molecule is C=C(C)CCC(C)(C)CCC. The number of hydrogen-bond acceptors (Lipinski definition) is 0.